The molecule has 0 amide bonds. The Labute approximate surface area is 152 Å². The lowest BCUT2D eigenvalue weighted by Gasteiger charge is -2.13. The van der Waals surface area contributed by atoms with Crippen LogP contribution in [0.3, 0.4) is 0 Å². The lowest BCUT2D eigenvalue weighted by atomic mass is 10.1. The van der Waals surface area contributed by atoms with E-state index in [1.165, 1.54) is 12.1 Å². The van der Waals surface area contributed by atoms with Crippen molar-refractivity contribution >= 4 is 10.9 Å². The van der Waals surface area contributed by atoms with Crippen molar-refractivity contribution in [3.63, 3.8) is 0 Å². The van der Waals surface area contributed by atoms with E-state index in [0.717, 1.165) is 25.7 Å². The number of aromatic hydroxyl groups is 1. The third-order valence-corrected chi connectivity index (χ3v) is 4.63. The highest BCUT2D eigenvalue weighted by molar-refractivity contribution is 5.93. The zero-order chi connectivity index (χ0) is 18.7. The highest BCUT2D eigenvalue weighted by Gasteiger charge is 2.19. The molecule has 6 heteroatoms. The molecule has 138 valence electrons. The van der Waals surface area contributed by atoms with Gasteiger partial charge in [-0.15, -0.1) is 0 Å². The first kappa shape index (κ1) is 18.3. The number of rotatable bonds is 7. The number of aliphatic hydroxyl groups is 1. The smallest absolute Gasteiger partial charge is 0.166 e. The number of halogens is 1. The first-order chi connectivity index (χ1) is 12.5. The van der Waals surface area contributed by atoms with E-state index in [0.29, 0.717) is 28.0 Å². The first-order valence-corrected chi connectivity index (χ1v) is 9.03. The monoisotopic (exact) mass is 357 g/mol. The number of hydrogen-bond donors (Lipinski definition) is 2. The van der Waals surface area contributed by atoms with Gasteiger partial charge in [0.25, 0.3) is 0 Å². The number of hydrogen-bond acceptors (Lipinski definition) is 4. The first-order valence-electron chi connectivity index (χ1n) is 9.03. The lowest BCUT2D eigenvalue weighted by molar-refractivity contribution is 0.277. The van der Waals surface area contributed by atoms with Gasteiger partial charge in [-0.3, -0.25) is 4.68 Å². The van der Waals surface area contributed by atoms with Gasteiger partial charge < -0.3 is 10.2 Å². The van der Waals surface area contributed by atoms with Crippen molar-refractivity contribution in [2.45, 2.75) is 52.2 Å². The molecule has 2 aromatic heterocycles. The Morgan fingerprint density at radius 1 is 1.23 bits per heavy atom. The van der Waals surface area contributed by atoms with Crippen LogP contribution in [0, 0.1) is 5.82 Å². The topological polar surface area (TPSA) is 71.2 Å². The van der Waals surface area contributed by atoms with Gasteiger partial charge in [0.2, 0.25) is 0 Å². The second-order valence-corrected chi connectivity index (χ2v) is 6.63. The zero-order valence-corrected chi connectivity index (χ0v) is 15.1. The second-order valence-electron chi connectivity index (χ2n) is 6.63. The lowest BCUT2D eigenvalue weighted by Crippen LogP contribution is -2.07. The molecule has 0 aliphatic carbocycles. The van der Waals surface area contributed by atoms with Crippen molar-refractivity contribution in [3.8, 4) is 17.1 Å². The van der Waals surface area contributed by atoms with Crippen LogP contribution in [0.4, 0.5) is 4.39 Å². The number of phenols is 1. The van der Waals surface area contributed by atoms with Crippen LogP contribution in [-0.4, -0.2) is 25.0 Å². The molecule has 0 fully saturated rings. The highest BCUT2D eigenvalue weighted by Crippen LogP contribution is 2.33. The summed E-state index contributed by atoms with van der Waals surface area (Å²) >= 11 is 0. The molecule has 0 aliphatic rings. The van der Waals surface area contributed by atoms with Crippen LogP contribution < -0.4 is 0 Å². The predicted molar refractivity (Wildman–Crippen MR) is 99.4 cm³/mol. The molecule has 0 bridgehead atoms. The van der Waals surface area contributed by atoms with Gasteiger partial charge in [0.15, 0.2) is 11.6 Å². The molecule has 5 nitrogen and oxygen atoms in total. The summed E-state index contributed by atoms with van der Waals surface area (Å²) in [6.07, 6.45) is 4.30. The molecule has 1 unspecified atom stereocenters. The maximum atomic E-state index is 14.0. The molecule has 0 radical (unpaired) electrons. The SMILES string of the molecule is CCCCCC(C)n1nc(-c2cccc(CO)n2)c2cc(O)c(F)cc21. The normalized spacial score (nSPS) is 12.6. The summed E-state index contributed by atoms with van der Waals surface area (Å²) in [5.41, 5.74) is 2.34. The van der Waals surface area contributed by atoms with Gasteiger partial charge in [-0.25, -0.2) is 9.37 Å². The van der Waals surface area contributed by atoms with Crippen LogP contribution >= 0.6 is 0 Å². The summed E-state index contributed by atoms with van der Waals surface area (Å²) in [4.78, 5) is 4.41. The van der Waals surface area contributed by atoms with Crippen LogP contribution in [0.5, 0.6) is 5.75 Å². The average molecular weight is 357 g/mol. The Kier molecular flexibility index (Phi) is 5.52. The van der Waals surface area contributed by atoms with Crippen molar-refractivity contribution in [1.82, 2.24) is 14.8 Å². The summed E-state index contributed by atoms with van der Waals surface area (Å²) in [5.74, 6) is -1.07. The molecule has 3 rings (SSSR count). The van der Waals surface area contributed by atoms with Gasteiger partial charge in [-0.1, -0.05) is 32.3 Å². The molecule has 0 aliphatic heterocycles. The highest BCUT2D eigenvalue weighted by atomic mass is 19.1. The number of fused-ring (bicyclic) bond motifs is 1. The Morgan fingerprint density at radius 3 is 2.77 bits per heavy atom. The fraction of sp³-hybridized carbons (Fsp3) is 0.400. The van der Waals surface area contributed by atoms with Crippen LogP contribution in [0.15, 0.2) is 30.3 Å². The molecule has 2 heterocycles. The molecular formula is C20H24FN3O2. The van der Waals surface area contributed by atoms with Crippen molar-refractivity contribution in [2.75, 3.05) is 0 Å². The number of phenolic OH excluding ortho intramolecular Hbond substituents is 1. The fourth-order valence-corrected chi connectivity index (χ4v) is 3.18. The zero-order valence-electron chi connectivity index (χ0n) is 15.1. The van der Waals surface area contributed by atoms with Crippen molar-refractivity contribution in [1.29, 1.82) is 0 Å². The van der Waals surface area contributed by atoms with Crippen LogP contribution in [0.2, 0.25) is 0 Å². The summed E-state index contributed by atoms with van der Waals surface area (Å²) in [5, 5.41) is 24.5. The standard InChI is InChI=1S/C20H24FN3O2/c1-3-4-5-7-13(2)24-18-11-16(21)19(26)10-15(18)20(23-24)17-9-6-8-14(12-25)22-17/h6,8-11,13,25-26H,3-5,7,12H2,1-2H3. The summed E-state index contributed by atoms with van der Waals surface area (Å²) in [6, 6.07) is 8.15. The van der Waals surface area contributed by atoms with Gasteiger partial charge in [-0.05, 0) is 31.5 Å². The fourth-order valence-electron chi connectivity index (χ4n) is 3.18. The molecule has 0 spiro atoms. The van der Waals surface area contributed by atoms with Crippen LogP contribution in [0.1, 0.15) is 51.3 Å². The van der Waals surface area contributed by atoms with E-state index in [4.69, 9.17) is 5.10 Å². The average Bonchev–Trinajstić information content (AvgIpc) is 3.00. The maximum absolute atomic E-state index is 14.0. The Morgan fingerprint density at radius 2 is 2.04 bits per heavy atom. The molecule has 0 saturated heterocycles. The molecular weight excluding hydrogens is 333 g/mol. The molecule has 1 aromatic carbocycles. The van der Waals surface area contributed by atoms with E-state index in [1.54, 1.807) is 18.2 Å². The van der Waals surface area contributed by atoms with Crippen LogP contribution in [-0.2, 0) is 6.61 Å². The minimum Gasteiger partial charge on any atom is -0.505 e. The maximum Gasteiger partial charge on any atom is 0.166 e. The van der Waals surface area contributed by atoms with Gasteiger partial charge in [0.05, 0.1) is 23.5 Å². The van der Waals surface area contributed by atoms with Gasteiger partial charge >= 0.3 is 0 Å². The minimum atomic E-state index is -0.664. The summed E-state index contributed by atoms with van der Waals surface area (Å²) < 4.78 is 15.8. The molecule has 26 heavy (non-hydrogen) atoms. The number of pyridine rings is 1. The Balaban J connectivity index is 2.12. The number of aliphatic hydroxyl groups excluding tert-OH is 1. The van der Waals surface area contributed by atoms with Gasteiger partial charge in [0, 0.05) is 17.5 Å². The van der Waals surface area contributed by atoms with E-state index in [-0.39, 0.29) is 12.6 Å². The summed E-state index contributed by atoms with van der Waals surface area (Å²) in [6.45, 7) is 4.05. The molecule has 3 aromatic rings. The minimum absolute atomic E-state index is 0.0998. The Hall–Kier alpha value is -2.47. The molecule has 2 N–H and O–H groups in total. The Bertz CT molecular complexity index is 907. The number of benzene rings is 1. The largest absolute Gasteiger partial charge is 0.505 e. The molecule has 1 atom stereocenters. The number of nitrogens with zero attached hydrogens (tertiary/aromatic N) is 3. The van der Waals surface area contributed by atoms with Crippen molar-refractivity contribution < 1.29 is 14.6 Å². The van der Waals surface area contributed by atoms with E-state index < -0.39 is 11.6 Å². The van der Waals surface area contributed by atoms with E-state index >= 15 is 0 Å². The quantitative estimate of drug-likeness (QED) is 0.607. The van der Waals surface area contributed by atoms with Crippen LogP contribution in [0.25, 0.3) is 22.3 Å². The van der Waals surface area contributed by atoms with E-state index in [2.05, 4.69) is 18.8 Å². The van der Waals surface area contributed by atoms with Crippen molar-refractivity contribution in [2.24, 2.45) is 0 Å². The van der Waals surface area contributed by atoms with Gasteiger partial charge in [-0.2, -0.15) is 5.10 Å². The third kappa shape index (κ3) is 3.55. The van der Waals surface area contributed by atoms with Crippen molar-refractivity contribution in [3.05, 3.63) is 41.8 Å². The van der Waals surface area contributed by atoms with Gasteiger partial charge in [0.1, 0.15) is 5.69 Å². The van der Waals surface area contributed by atoms with E-state index in [1.807, 2.05) is 4.68 Å². The molecule has 0 saturated carbocycles. The summed E-state index contributed by atoms with van der Waals surface area (Å²) in [7, 11) is 0. The third-order valence-electron chi connectivity index (χ3n) is 4.63. The number of unbranched alkanes of at least 4 members (excludes halogenated alkanes) is 2. The predicted octanol–water partition coefficient (Wildman–Crippen LogP) is 4.58. The second kappa shape index (κ2) is 7.83. The van der Waals surface area contributed by atoms with E-state index in [9.17, 15) is 14.6 Å². The number of aromatic nitrogens is 3.